The van der Waals surface area contributed by atoms with Crippen LogP contribution in [0.4, 0.5) is 5.69 Å². The maximum atomic E-state index is 11.1. The molecule has 2 heterocycles. The summed E-state index contributed by atoms with van der Waals surface area (Å²) in [6.07, 6.45) is 0.426. The number of anilines is 1. The van der Waals surface area contributed by atoms with Gasteiger partial charge in [0, 0.05) is 5.69 Å². The topological polar surface area (TPSA) is 55.1 Å². The van der Waals surface area contributed by atoms with Gasteiger partial charge in [-0.2, -0.15) is 0 Å². The molecular formula is C10H7LiN2O2. The number of nitrogens with one attached hydrogen (secondary N) is 1. The van der Waals surface area contributed by atoms with E-state index in [0.29, 0.717) is 17.7 Å². The number of fused-ring (bicyclic) bond motifs is 2. The van der Waals surface area contributed by atoms with Crippen molar-refractivity contribution < 1.29 is 28.2 Å². The number of hydrogen-bond acceptors (Lipinski definition) is 3. The Morgan fingerprint density at radius 1 is 1.47 bits per heavy atom. The number of aromatic nitrogens is 1. The molecule has 1 aromatic carbocycles. The van der Waals surface area contributed by atoms with Crippen molar-refractivity contribution in [3.63, 3.8) is 0 Å². The van der Waals surface area contributed by atoms with Gasteiger partial charge in [0.05, 0.1) is 12.0 Å². The SMILES string of the molecule is [CH2-]c1noc2cc3c(cc12)CC(=O)N3.[Li+]. The molecule has 4 nitrogen and oxygen atoms in total. The molecule has 1 aliphatic rings. The van der Waals surface area contributed by atoms with Crippen molar-refractivity contribution in [3.8, 4) is 0 Å². The Balaban J connectivity index is 0.000000853. The van der Waals surface area contributed by atoms with Crippen LogP contribution in [0.15, 0.2) is 16.7 Å². The van der Waals surface area contributed by atoms with E-state index in [9.17, 15) is 4.79 Å². The van der Waals surface area contributed by atoms with Crippen molar-refractivity contribution in [1.82, 2.24) is 5.16 Å². The second-order valence-corrected chi connectivity index (χ2v) is 3.36. The number of amides is 1. The molecular weight excluding hydrogens is 187 g/mol. The minimum absolute atomic E-state index is 0. The Kier molecular flexibility index (Phi) is 2.26. The van der Waals surface area contributed by atoms with Crippen molar-refractivity contribution in [2.45, 2.75) is 6.42 Å². The van der Waals surface area contributed by atoms with Crippen molar-refractivity contribution in [1.29, 1.82) is 0 Å². The third-order valence-corrected chi connectivity index (χ3v) is 2.40. The molecule has 1 aromatic heterocycles. The van der Waals surface area contributed by atoms with Gasteiger partial charge in [0.25, 0.3) is 0 Å². The molecule has 70 valence electrons. The Bertz CT molecular complexity index is 548. The van der Waals surface area contributed by atoms with E-state index in [4.69, 9.17) is 4.52 Å². The summed E-state index contributed by atoms with van der Waals surface area (Å²) >= 11 is 0. The molecule has 0 unspecified atom stereocenters. The van der Waals surface area contributed by atoms with E-state index in [1.807, 2.05) is 6.07 Å². The fraction of sp³-hybridized carbons (Fsp3) is 0.100. The van der Waals surface area contributed by atoms with Crippen LogP contribution in [0.1, 0.15) is 11.3 Å². The number of rotatable bonds is 0. The van der Waals surface area contributed by atoms with Crippen LogP contribution in [0.3, 0.4) is 0 Å². The van der Waals surface area contributed by atoms with Crippen molar-refractivity contribution >= 4 is 22.6 Å². The molecule has 1 N–H and O–H groups in total. The molecule has 0 saturated heterocycles. The first-order chi connectivity index (χ1) is 6.74. The van der Waals surface area contributed by atoms with E-state index in [-0.39, 0.29) is 24.8 Å². The standard InChI is InChI=1S/C10H7N2O2.Li/c1-5-7-2-6-3-10(13)11-8(6)4-9(7)14-12-5;/h2,4H,1,3H2,(H,11,13);/q-1;+1. The molecule has 5 heteroatoms. The fourth-order valence-corrected chi connectivity index (χ4v) is 1.71. The van der Waals surface area contributed by atoms with Gasteiger partial charge >= 0.3 is 18.9 Å². The van der Waals surface area contributed by atoms with Crippen molar-refractivity contribution in [2.75, 3.05) is 5.32 Å². The average Bonchev–Trinajstić information content (AvgIpc) is 2.66. The van der Waals surface area contributed by atoms with Crippen molar-refractivity contribution in [2.24, 2.45) is 0 Å². The molecule has 2 aromatic rings. The van der Waals surface area contributed by atoms with Gasteiger partial charge in [-0.15, -0.1) is 16.6 Å². The molecule has 3 rings (SSSR count). The Hall–Kier alpha value is -1.37. The predicted octanol–water partition coefficient (Wildman–Crippen LogP) is -1.49. The molecule has 0 spiro atoms. The maximum absolute atomic E-state index is 11.1. The average molecular weight is 194 g/mol. The van der Waals surface area contributed by atoms with Gasteiger partial charge in [0.2, 0.25) is 5.91 Å². The molecule has 0 aliphatic carbocycles. The summed E-state index contributed by atoms with van der Waals surface area (Å²) < 4.78 is 5.05. The zero-order valence-corrected chi connectivity index (χ0v) is 8.33. The zero-order chi connectivity index (χ0) is 9.71. The first-order valence-corrected chi connectivity index (χ1v) is 4.28. The third-order valence-electron chi connectivity index (χ3n) is 2.40. The third kappa shape index (κ3) is 1.43. The van der Waals surface area contributed by atoms with Gasteiger partial charge in [-0.3, -0.25) is 4.79 Å². The normalized spacial score (nSPS) is 13.5. The van der Waals surface area contributed by atoms with Crippen LogP contribution in [0.2, 0.25) is 0 Å². The molecule has 0 radical (unpaired) electrons. The molecule has 0 bridgehead atoms. The first kappa shape index (κ1) is 10.2. The van der Waals surface area contributed by atoms with E-state index in [2.05, 4.69) is 17.4 Å². The van der Waals surface area contributed by atoms with Gasteiger partial charge in [0.1, 0.15) is 0 Å². The van der Waals surface area contributed by atoms with E-state index in [1.165, 1.54) is 0 Å². The smallest absolute Gasteiger partial charge is 0.378 e. The predicted molar refractivity (Wildman–Crippen MR) is 50.8 cm³/mol. The number of nitrogens with zero attached hydrogens (tertiary/aromatic N) is 1. The zero-order valence-electron chi connectivity index (χ0n) is 8.33. The summed E-state index contributed by atoms with van der Waals surface area (Å²) in [5.74, 6) is 0.0197. The Labute approximate surface area is 98.2 Å². The summed E-state index contributed by atoms with van der Waals surface area (Å²) in [5.41, 5.74) is 3.08. The number of carbonyl (C=O) groups is 1. The molecule has 1 amide bonds. The van der Waals surface area contributed by atoms with Crippen LogP contribution in [-0.2, 0) is 11.2 Å². The van der Waals surface area contributed by atoms with Crippen LogP contribution in [-0.4, -0.2) is 11.1 Å². The van der Waals surface area contributed by atoms with Gasteiger partial charge in [-0.25, -0.2) is 6.92 Å². The summed E-state index contributed by atoms with van der Waals surface area (Å²) in [7, 11) is 0. The molecule has 15 heavy (non-hydrogen) atoms. The fourth-order valence-electron chi connectivity index (χ4n) is 1.71. The van der Waals surface area contributed by atoms with Gasteiger partial charge in [0.15, 0.2) is 0 Å². The maximum Gasteiger partial charge on any atom is 1.00 e. The number of carbonyl (C=O) groups excluding carboxylic acids is 1. The van der Waals surface area contributed by atoms with E-state index in [0.717, 1.165) is 16.6 Å². The van der Waals surface area contributed by atoms with Gasteiger partial charge in [-0.05, 0) is 11.6 Å². The largest absolute Gasteiger partial charge is 1.00 e. The molecule has 0 fully saturated rings. The first-order valence-electron chi connectivity index (χ1n) is 4.28. The minimum atomic E-state index is 0. The van der Waals surface area contributed by atoms with Crippen LogP contribution in [0.25, 0.3) is 11.0 Å². The van der Waals surface area contributed by atoms with Crippen LogP contribution in [0.5, 0.6) is 0 Å². The number of hydrogen-bond donors (Lipinski definition) is 1. The Morgan fingerprint density at radius 3 is 3.07 bits per heavy atom. The van der Waals surface area contributed by atoms with Crippen molar-refractivity contribution in [3.05, 3.63) is 30.3 Å². The summed E-state index contributed by atoms with van der Waals surface area (Å²) in [6, 6.07) is 3.69. The monoisotopic (exact) mass is 194 g/mol. The van der Waals surface area contributed by atoms with E-state index < -0.39 is 0 Å². The Morgan fingerprint density at radius 2 is 2.27 bits per heavy atom. The quantitative estimate of drug-likeness (QED) is 0.410. The van der Waals surface area contributed by atoms with Gasteiger partial charge in [-0.1, -0.05) is 5.69 Å². The second-order valence-electron chi connectivity index (χ2n) is 3.36. The minimum Gasteiger partial charge on any atom is -0.378 e. The second kappa shape index (κ2) is 3.33. The van der Waals surface area contributed by atoms with Gasteiger partial charge < -0.3 is 9.84 Å². The molecule has 0 saturated carbocycles. The molecule has 0 atom stereocenters. The molecule has 1 aliphatic heterocycles. The van der Waals surface area contributed by atoms with E-state index >= 15 is 0 Å². The number of benzene rings is 1. The van der Waals surface area contributed by atoms with Crippen LogP contribution < -0.4 is 24.2 Å². The summed E-state index contributed by atoms with van der Waals surface area (Å²) in [5, 5.41) is 7.38. The van der Waals surface area contributed by atoms with Crippen LogP contribution >= 0.6 is 0 Å². The van der Waals surface area contributed by atoms with Crippen LogP contribution in [0, 0.1) is 6.92 Å². The van der Waals surface area contributed by atoms with E-state index in [1.54, 1.807) is 6.07 Å². The summed E-state index contributed by atoms with van der Waals surface area (Å²) in [6.45, 7) is 3.74. The summed E-state index contributed by atoms with van der Waals surface area (Å²) in [4.78, 5) is 11.1.